The first-order chi connectivity index (χ1) is 12.3. The van der Waals surface area contributed by atoms with E-state index in [1.807, 2.05) is 0 Å². The molecule has 0 amide bonds. The average Bonchev–Trinajstić information content (AvgIpc) is 2.65. The van der Waals surface area contributed by atoms with Crippen molar-refractivity contribution in [3.8, 4) is 0 Å². The number of rotatable bonds is 4. The van der Waals surface area contributed by atoms with Gasteiger partial charge in [0.15, 0.2) is 0 Å². The van der Waals surface area contributed by atoms with E-state index < -0.39 is 0 Å². The Bertz CT molecular complexity index is 528. The molecule has 1 aromatic carbocycles. The van der Waals surface area contributed by atoms with Gasteiger partial charge in [-0.3, -0.25) is 9.80 Å². The molecule has 3 aliphatic heterocycles. The fourth-order valence-corrected chi connectivity index (χ4v) is 4.49. The zero-order valence-corrected chi connectivity index (χ0v) is 15.4. The maximum absolute atomic E-state index is 6.15. The molecule has 0 N–H and O–H groups in total. The smallest absolute Gasteiger partial charge is 0.0853 e. The summed E-state index contributed by atoms with van der Waals surface area (Å²) >= 11 is 0. The minimum atomic E-state index is 0.0463. The van der Waals surface area contributed by atoms with Crippen LogP contribution in [-0.2, 0) is 22.6 Å². The Kier molecular flexibility index (Phi) is 5.71. The zero-order valence-electron chi connectivity index (χ0n) is 15.4. The average molecular weight is 344 g/mol. The SMILES string of the molecule is c1cc(CN2CCOC3(CCOCC3)C2)ccc1CN1CCCCC1. The van der Waals surface area contributed by atoms with Gasteiger partial charge in [-0.1, -0.05) is 30.7 Å². The summed E-state index contributed by atoms with van der Waals surface area (Å²) in [6.07, 6.45) is 6.21. The highest BCUT2D eigenvalue weighted by molar-refractivity contribution is 5.22. The molecule has 3 saturated heterocycles. The van der Waals surface area contributed by atoms with E-state index in [4.69, 9.17) is 9.47 Å². The zero-order chi connectivity index (χ0) is 17.0. The third kappa shape index (κ3) is 4.62. The van der Waals surface area contributed by atoms with Crippen molar-refractivity contribution in [3.05, 3.63) is 35.4 Å². The molecule has 3 fully saturated rings. The predicted molar refractivity (Wildman–Crippen MR) is 99.6 cm³/mol. The summed E-state index contributed by atoms with van der Waals surface area (Å²) < 4.78 is 11.7. The van der Waals surface area contributed by atoms with E-state index in [9.17, 15) is 0 Å². The van der Waals surface area contributed by atoms with Gasteiger partial charge in [0.25, 0.3) is 0 Å². The molecule has 25 heavy (non-hydrogen) atoms. The lowest BCUT2D eigenvalue weighted by Gasteiger charge is -2.44. The highest BCUT2D eigenvalue weighted by atomic mass is 16.5. The van der Waals surface area contributed by atoms with Gasteiger partial charge < -0.3 is 9.47 Å². The van der Waals surface area contributed by atoms with Crippen molar-refractivity contribution in [2.24, 2.45) is 0 Å². The number of piperidine rings is 1. The summed E-state index contributed by atoms with van der Waals surface area (Å²) in [6.45, 7) is 9.31. The molecule has 1 spiro atoms. The number of ether oxygens (including phenoxy) is 2. The summed E-state index contributed by atoms with van der Waals surface area (Å²) in [7, 11) is 0. The second kappa shape index (κ2) is 8.17. The van der Waals surface area contributed by atoms with Crippen molar-refractivity contribution in [2.45, 2.75) is 50.8 Å². The van der Waals surface area contributed by atoms with Crippen LogP contribution in [-0.4, -0.2) is 61.4 Å². The van der Waals surface area contributed by atoms with Crippen LogP contribution in [0.4, 0.5) is 0 Å². The first kappa shape index (κ1) is 17.5. The number of hydrogen-bond donors (Lipinski definition) is 0. The van der Waals surface area contributed by atoms with Crippen LogP contribution in [0, 0.1) is 0 Å². The van der Waals surface area contributed by atoms with Gasteiger partial charge in [-0.05, 0) is 37.1 Å². The third-order valence-corrected chi connectivity index (χ3v) is 6.02. The lowest BCUT2D eigenvalue weighted by molar-refractivity contribution is -0.155. The van der Waals surface area contributed by atoms with Crippen LogP contribution in [0.25, 0.3) is 0 Å². The molecule has 3 aliphatic rings. The van der Waals surface area contributed by atoms with Gasteiger partial charge in [0, 0.05) is 52.2 Å². The molecule has 0 radical (unpaired) electrons. The van der Waals surface area contributed by atoms with Crippen molar-refractivity contribution in [1.82, 2.24) is 9.80 Å². The van der Waals surface area contributed by atoms with E-state index in [-0.39, 0.29) is 5.60 Å². The molecular weight excluding hydrogens is 312 g/mol. The standard InChI is InChI=1S/C21H32N2O2/c1-2-10-22(11-3-1)16-19-4-6-20(7-5-19)17-23-12-15-25-21(18-23)8-13-24-14-9-21/h4-7H,1-3,8-18H2. The van der Waals surface area contributed by atoms with Crippen LogP contribution in [0.1, 0.15) is 43.2 Å². The Hall–Kier alpha value is -0.940. The molecule has 1 aromatic rings. The molecule has 0 aliphatic carbocycles. The van der Waals surface area contributed by atoms with Gasteiger partial charge in [-0.15, -0.1) is 0 Å². The molecule has 0 atom stereocenters. The third-order valence-electron chi connectivity index (χ3n) is 6.02. The van der Waals surface area contributed by atoms with Crippen LogP contribution in [0.15, 0.2) is 24.3 Å². The van der Waals surface area contributed by atoms with E-state index in [1.54, 1.807) is 0 Å². The molecule has 138 valence electrons. The van der Waals surface area contributed by atoms with Crippen molar-refractivity contribution in [2.75, 3.05) is 46.0 Å². The van der Waals surface area contributed by atoms with Crippen LogP contribution in [0.2, 0.25) is 0 Å². The van der Waals surface area contributed by atoms with Gasteiger partial charge in [0.2, 0.25) is 0 Å². The van der Waals surface area contributed by atoms with Crippen molar-refractivity contribution in [1.29, 1.82) is 0 Å². The van der Waals surface area contributed by atoms with Crippen molar-refractivity contribution in [3.63, 3.8) is 0 Å². The first-order valence-corrected chi connectivity index (χ1v) is 10.1. The van der Waals surface area contributed by atoms with E-state index in [2.05, 4.69) is 34.1 Å². The van der Waals surface area contributed by atoms with Crippen LogP contribution < -0.4 is 0 Å². The summed E-state index contributed by atoms with van der Waals surface area (Å²) in [5.41, 5.74) is 2.92. The second-order valence-electron chi connectivity index (χ2n) is 8.01. The number of nitrogens with zero attached hydrogens (tertiary/aromatic N) is 2. The van der Waals surface area contributed by atoms with E-state index in [0.717, 1.165) is 58.8 Å². The molecule has 4 rings (SSSR count). The fourth-order valence-electron chi connectivity index (χ4n) is 4.49. The molecule has 4 nitrogen and oxygen atoms in total. The molecule has 0 bridgehead atoms. The molecular formula is C21H32N2O2. The molecule has 0 unspecified atom stereocenters. The Labute approximate surface area is 152 Å². The Balaban J connectivity index is 1.31. The maximum atomic E-state index is 6.15. The van der Waals surface area contributed by atoms with Gasteiger partial charge in [0.05, 0.1) is 12.2 Å². The number of hydrogen-bond acceptors (Lipinski definition) is 4. The summed E-state index contributed by atoms with van der Waals surface area (Å²) in [5.74, 6) is 0. The van der Waals surface area contributed by atoms with E-state index in [0.29, 0.717) is 0 Å². The highest BCUT2D eigenvalue weighted by Gasteiger charge is 2.38. The lowest BCUT2D eigenvalue weighted by atomic mass is 9.92. The van der Waals surface area contributed by atoms with E-state index >= 15 is 0 Å². The first-order valence-electron chi connectivity index (χ1n) is 10.1. The minimum Gasteiger partial charge on any atom is -0.381 e. The normalized spacial score (nSPS) is 25.3. The van der Waals surface area contributed by atoms with Crippen LogP contribution in [0.3, 0.4) is 0 Å². The maximum Gasteiger partial charge on any atom is 0.0853 e. The Morgan fingerprint density at radius 3 is 2.08 bits per heavy atom. The minimum absolute atomic E-state index is 0.0463. The summed E-state index contributed by atoms with van der Waals surface area (Å²) in [4.78, 5) is 5.16. The molecule has 4 heteroatoms. The lowest BCUT2D eigenvalue weighted by Crippen LogP contribution is -2.54. The van der Waals surface area contributed by atoms with Crippen molar-refractivity contribution >= 4 is 0 Å². The molecule has 0 saturated carbocycles. The predicted octanol–water partition coefficient (Wildman–Crippen LogP) is 3.05. The number of likely N-dealkylation sites (tertiary alicyclic amines) is 1. The van der Waals surface area contributed by atoms with Crippen LogP contribution in [0.5, 0.6) is 0 Å². The highest BCUT2D eigenvalue weighted by Crippen LogP contribution is 2.29. The quantitative estimate of drug-likeness (QED) is 0.838. The topological polar surface area (TPSA) is 24.9 Å². The Morgan fingerprint density at radius 1 is 0.760 bits per heavy atom. The van der Waals surface area contributed by atoms with Crippen molar-refractivity contribution < 1.29 is 9.47 Å². The number of morpholine rings is 1. The Morgan fingerprint density at radius 2 is 1.40 bits per heavy atom. The van der Waals surface area contributed by atoms with Gasteiger partial charge >= 0.3 is 0 Å². The number of benzene rings is 1. The summed E-state index contributed by atoms with van der Waals surface area (Å²) in [5, 5.41) is 0. The summed E-state index contributed by atoms with van der Waals surface area (Å²) in [6, 6.07) is 9.31. The van der Waals surface area contributed by atoms with Gasteiger partial charge in [-0.2, -0.15) is 0 Å². The second-order valence-corrected chi connectivity index (χ2v) is 8.01. The fraction of sp³-hybridized carbons (Fsp3) is 0.714. The molecule has 3 heterocycles. The largest absolute Gasteiger partial charge is 0.381 e. The van der Waals surface area contributed by atoms with Gasteiger partial charge in [-0.25, -0.2) is 0 Å². The van der Waals surface area contributed by atoms with E-state index in [1.165, 1.54) is 43.5 Å². The van der Waals surface area contributed by atoms with Crippen LogP contribution >= 0.6 is 0 Å². The van der Waals surface area contributed by atoms with Gasteiger partial charge in [0.1, 0.15) is 0 Å². The molecule has 0 aromatic heterocycles. The monoisotopic (exact) mass is 344 g/mol.